The predicted molar refractivity (Wildman–Crippen MR) is 72.0 cm³/mol. The molecule has 4 nitrogen and oxygen atoms in total. The van der Waals surface area contributed by atoms with E-state index in [4.69, 9.17) is 5.73 Å². The Balaban J connectivity index is 0.00000289. The van der Waals surface area contributed by atoms with Gasteiger partial charge in [0.2, 0.25) is 10.0 Å². The van der Waals surface area contributed by atoms with E-state index >= 15 is 0 Å². The van der Waals surface area contributed by atoms with E-state index in [1.165, 1.54) is 12.1 Å². The van der Waals surface area contributed by atoms with Crippen molar-refractivity contribution in [2.24, 2.45) is 5.73 Å². The lowest BCUT2D eigenvalue weighted by Crippen LogP contribution is -2.26. The molecule has 0 heterocycles. The molecular weight excluding hydrogens is 279 g/mol. The average Bonchev–Trinajstić information content (AvgIpc) is 2.25. The molecule has 0 fully saturated rings. The number of nitrogens with one attached hydrogen (secondary N) is 1. The molecule has 1 aromatic carbocycles. The molecule has 104 valence electrons. The van der Waals surface area contributed by atoms with Crippen LogP contribution in [0.2, 0.25) is 0 Å². The van der Waals surface area contributed by atoms with Crippen molar-refractivity contribution in [2.75, 3.05) is 13.1 Å². The van der Waals surface area contributed by atoms with Gasteiger partial charge in [-0.1, -0.05) is 0 Å². The van der Waals surface area contributed by atoms with E-state index in [0.717, 1.165) is 0 Å². The number of hydrogen-bond donors (Lipinski definition) is 2. The summed E-state index contributed by atoms with van der Waals surface area (Å²) >= 11 is 0. The van der Waals surface area contributed by atoms with Crippen LogP contribution < -0.4 is 10.5 Å². The highest BCUT2D eigenvalue weighted by molar-refractivity contribution is 7.89. The van der Waals surface area contributed by atoms with Crippen molar-refractivity contribution in [3.8, 4) is 0 Å². The Bertz CT molecular complexity index is 483. The lowest BCUT2D eigenvalue weighted by molar-refractivity contribution is 0.577. The van der Waals surface area contributed by atoms with Crippen molar-refractivity contribution in [1.82, 2.24) is 4.72 Å². The van der Waals surface area contributed by atoms with Crippen molar-refractivity contribution in [3.05, 3.63) is 29.1 Å². The second kappa shape index (κ2) is 7.04. The van der Waals surface area contributed by atoms with Gasteiger partial charge >= 0.3 is 0 Å². The third kappa shape index (κ3) is 4.20. The first-order valence-corrected chi connectivity index (χ1v) is 6.83. The maximum absolute atomic E-state index is 13.4. The van der Waals surface area contributed by atoms with E-state index in [-0.39, 0.29) is 29.7 Å². The van der Waals surface area contributed by atoms with Crippen molar-refractivity contribution >= 4 is 22.4 Å². The zero-order valence-corrected chi connectivity index (χ0v) is 12.0. The van der Waals surface area contributed by atoms with Crippen LogP contribution in [0.5, 0.6) is 0 Å². The summed E-state index contributed by atoms with van der Waals surface area (Å²) in [5.74, 6) is -0.370. The summed E-state index contributed by atoms with van der Waals surface area (Å²) in [6, 6.07) is 2.65. The molecule has 0 amide bonds. The van der Waals surface area contributed by atoms with Crippen LogP contribution in [0.1, 0.15) is 17.5 Å². The van der Waals surface area contributed by atoms with Crippen LogP contribution in [0, 0.1) is 19.7 Å². The molecule has 1 rings (SSSR count). The Morgan fingerprint density at radius 1 is 1.28 bits per heavy atom. The van der Waals surface area contributed by atoms with Gasteiger partial charge < -0.3 is 5.73 Å². The molecule has 0 aliphatic carbocycles. The number of sulfonamides is 1. The molecule has 0 spiro atoms. The standard InChI is InChI=1S/C11H17FN2O2S.ClH/c1-8-6-10(7-9(2)11(8)12)17(15,16)14-5-3-4-13;/h6-7,14H,3-5,13H2,1-2H3;1H. The van der Waals surface area contributed by atoms with E-state index in [9.17, 15) is 12.8 Å². The van der Waals surface area contributed by atoms with Crippen molar-refractivity contribution in [2.45, 2.75) is 25.2 Å². The Labute approximate surface area is 113 Å². The minimum Gasteiger partial charge on any atom is -0.330 e. The van der Waals surface area contributed by atoms with Gasteiger partial charge in [0.1, 0.15) is 5.82 Å². The Kier molecular flexibility index (Phi) is 6.77. The number of benzene rings is 1. The molecular formula is C11H18ClFN2O2S. The second-order valence-electron chi connectivity index (χ2n) is 3.91. The quantitative estimate of drug-likeness (QED) is 0.809. The minimum absolute atomic E-state index is 0. The Morgan fingerprint density at radius 3 is 2.22 bits per heavy atom. The van der Waals surface area contributed by atoms with Crippen molar-refractivity contribution in [3.63, 3.8) is 0 Å². The van der Waals surface area contributed by atoms with Gasteiger partial charge in [0.25, 0.3) is 0 Å². The SMILES string of the molecule is Cc1cc(S(=O)(=O)NCCCN)cc(C)c1F.Cl. The van der Waals surface area contributed by atoms with Crippen LogP contribution in [0.15, 0.2) is 17.0 Å². The number of rotatable bonds is 5. The number of nitrogens with two attached hydrogens (primary N) is 1. The molecule has 0 aromatic heterocycles. The average molecular weight is 297 g/mol. The molecule has 0 saturated heterocycles. The number of aryl methyl sites for hydroxylation is 2. The maximum Gasteiger partial charge on any atom is 0.240 e. The monoisotopic (exact) mass is 296 g/mol. The molecule has 0 bridgehead atoms. The summed E-state index contributed by atoms with van der Waals surface area (Å²) in [6.45, 7) is 3.79. The summed E-state index contributed by atoms with van der Waals surface area (Å²) in [5.41, 5.74) is 5.93. The highest BCUT2D eigenvalue weighted by Crippen LogP contribution is 2.18. The summed E-state index contributed by atoms with van der Waals surface area (Å²) in [6.07, 6.45) is 0.568. The topological polar surface area (TPSA) is 72.2 Å². The minimum atomic E-state index is -3.57. The van der Waals surface area contributed by atoms with Crippen LogP contribution in [0.4, 0.5) is 4.39 Å². The molecule has 0 radical (unpaired) electrons. The fraction of sp³-hybridized carbons (Fsp3) is 0.455. The molecule has 0 unspecified atom stereocenters. The lowest BCUT2D eigenvalue weighted by atomic mass is 10.1. The first-order valence-electron chi connectivity index (χ1n) is 5.35. The number of halogens is 2. The van der Waals surface area contributed by atoms with Gasteiger partial charge in [0.15, 0.2) is 0 Å². The molecule has 0 atom stereocenters. The Hall–Kier alpha value is -0.690. The molecule has 1 aromatic rings. The van der Waals surface area contributed by atoms with Crippen LogP contribution >= 0.6 is 12.4 Å². The molecule has 0 aliphatic rings. The van der Waals surface area contributed by atoms with Gasteiger partial charge in [-0.3, -0.25) is 0 Å². The van der Waals surface area contributed by atoms with Crippen LogP contribution in [0.25, 0.3) is 0 Å². The third-order valence-electron chi connectivity index (χ3n) is 2.39. The number of hydrogen-bond acceptors (Lipinski definition) is 3. The zero-order chi connectivity index (χ0) is 13.1. The van der Waals surface area contributed by atoms with Crippen LogP contribution in [0.3, 0.4) is 0 Å². The zero-order valence-electron chi connectivity index (χ0n) is 10.4. The summed E-state index contributed by atoms with van der Waals surface area (Å²) < 4.78 is 39.5. The third-order valence-corrected chi connectivity index (χ3v) is 3.83. The smallest absolute Gasteiger partial charge is 0.240 e. The fourth-order valence-corrected chi connectivity index (χ4v) is 2.70. The van der Waals surface area contributed by atoms with Crippen molar-refractivity contribution in [1.29, 1.82) is 0 Å². The Morgan fingerprint density at radius 2 is 1.78 bits per heavy atom. The predicted octanol–water partition coefficient (Wildman–Crippen LogP) is 1.49. The lowest BCUT2D eigenvalue weighted by Gasteiger charge is -2.09. The van der Waals surface area contributed by atoms with Crippen molar-refractivity contribution < 1.29 is 12.8 Å². The second-order valence-corrected chi connectivity index (χ2v) is 5.68. The van der Waals surface area contributed by atoms with E-state index < -0.39 is 10.0 Å². The van der Waals surface area contributed by atoms with Gasteiger partial charge in [-0.15, -0.1) is 12.4 Å². The van der Waals surface area contributed by atoms with E-state index in [2.05, 4.69) is 4.72 Å². The molecule has 0 aliphatic heterocycles. The summed E-state index contributed by atoms with van der Waals surface area (Å²) in [5, 5.41) is 0. The largest absolute Gasteiger partial charge is 0.330 e. The van der Waals surface area contributed by atoms with Gasteiger partial charge in [-0.05, 0) is 50.1 Å². The van der Waals surface area contributed by atoms with E-state index in [0.29, 0.717) is 24.1 Å². The van der Waals surface area contributed by atoms with Gasteiger partial charge in [-0.2, -0.15) is 0 Å². The summed E-state index contributed by atoms with van der Waals surface area (Å²) in [7, 11) is -3.57. The molecule has 0 saturated carbocycles. The van der Waals surface area contributed by atoms with Gasteiger partial charge in [0.05, 0.1) is 4.90 Å². The van der Waals surface area contributed by atoms with Crippen LogP contribution in [-0.2, 0) is 10.0 Å². The highest BCUT2D eigenvalue weighted by Gasteiger charge is 2.16. The van der Waals surface area contributed by atoms with Gasteiger partial charge in [-0.25, -0.2) is 17.5 Å². The molecule has 7 heteroatoms. The van der Waals surface area contributed by atoms with E-state index in [1.54, 1.807) is 13.8 Å². The summed E-state index contributed by atoms with van der Waals surface area (Å²) in [4.78, 5) is 0.0888. The molecule has 18 heavy (non-hydrogen) atoms. The highest BCUT2D eigenvalue weighted by atomic mass is 35.5. The maximum atomic E-state index is 13.4. The first-order chi connectivity index (χ1) is 7.88. The van der Waals surface area contributed by atoms with Gasteiger partial charge in [0, 0.05) is 6.54 Å². The van der Waals surface area contributed by atoms with Crippen LogP contribution in [-0.4, -0.2) is 21.5 Å². The fourth-order valence-electron chi connectivity index (χ4n) is 1.45. The normalized spacial score (nSPS) is 11.1. The van der Waals surface area contributed by atoms with E-state index in [1.807, 2.05) is 0 Å². The first kappa shape index (κ1) is 17.3. The molecule has 3 N–H and O–H groups in total.